The fourth-order valence-electron chi connectivity index (χ4n) is 4.46. The quantitative estimate of drug-likeness (QED) is 0.718. The van der Waals surface area contributed by atoms with Gasteiger partial charge in [0.2, 0.25) is 5.91 Å². The van der Waals surface area contributed by atoms with Gasteiger partial charge in [-0.2, -0.15) is 5.10 Å². The van der Waals surface area contributed by atoms with Crippen molar-refractivity contribution in [2.75, 3.05) is 11.9 Å². The molecule has 1 atom stereocenters. The third-order valence-electron chi connectivity index (χ3n) is 6.00. The molecule has 4 rings (SSSR count). The summed E-state index contributed by atoms with van der Waals surface area (Å²) in [6.07, 6.45) is 7.72. The summed E-state index contributed by atoms with van der Waals surface area (Å²) < 4.78 is 1.70. The van der Waals surface area contributed by atoms with Crippen LogP contribution >= 0.6 is 0 Å². The Morgan fingerprint density at radius 2 is 2.03 bits per heavy atom. The lowest BCUT2D eigenvalue weighted by atomic mass is 9.96. The molecule has 7 heteroatoms. The van der Waals surface area contributed by atoms with Crippen LogP contribution in [0, 0.1) is 5.92 Å². The van der Waals surface area contributed by atoms with Gasteiger partial charge in [0.05, 0.1) is 0 Å². The Bertz CT molecular complexity index is 872. The SMILES string of the molecule is O=C(Nc1ccn(CCCO)n1)[C@H](CC1CCCC1)N1Cc2ccccc2C1=O. The number of aromatic nitrogens is 2. The van der Waals surface area contributed by atoms with E-state index in [1.54, 1.807) is 21.8 Å². The summed E-state index contributed by atoms with van der Waals surface area (Å²) in [5, 5.41) is 16.2. The number of aryl methyl sites for hydroxylation is 1. The third kappa shape index (κ3) is 4.34. The topological polar surface area (TPSA) is 87.5 Å². The molecule has 2 amide bonds. The van der Waals surface area contributed by atoms with Crippen LogP contribution in [0.1, 0.15) is 54.4 Å². The molecule has 0 unspecified atom stereocenters. The van der Waals surface area contributed by atoms with Crippen LogP contribution in [0.5, 0.6) is 0 Å². The number of hydrogen-bond donors (Lipinski definition) is 2. The zero-order valence-corrected chi connectivity index (χ0v) is 16.6. The monoisotopic (exact) mass is 396 g/mol. The van der Waals surface area contributed by atoms with Gasteiger partial charge >= 0.3 is 0 Å². The van der Waals surface area contributed by atoms with Crippen molar-refractivity contribution in [3.05, 3.63) is 47.7 Å². The fourth-order valence-corrected chi connectivity index (χ4v) is 4.46. The van der Waals surface area contributed by atoms with Gasteiger partial charge < -0.3 is 15.3 Å². The maximum Gasteiger partial charge on any atom is 0.255 e. The van der Waals surface area contributed by atoms with Crippen LogP contribution in [0.2, 0.25) is 0 Å². The summed E-state index contributed by atoms with van der Waals surface area (Å²) >= 11 is 0. The van der Waals surface area contributed by atoms with Gasteiger partial charge in [-0.1, -0.05) is 43.9 Å². The number of benzene rings is 1. The molecule has 29 heavy (non-hydrogen) atoms. The first-order valence-corrected chi connectivity index (χ1v) is 10.5. The smallest absolute Gasteiger partial charge is 0.255 e. The van der Waals surface area contributed by atoms with Crippen molar-refractivity contribution in [3.8, 4) is 0 Å². The molecule has 0 saturated heterocycles. The number of nitrogens with zero attached hydrogens (tertiary/aromatic N) is 3. The van der Waals surface area contributed by atoms with Gasteiger partial charge in [0.1, 0.15) is 6.04 Å². The minimum absolute atomic E-state index is 0.0628. The summed E-state index contributed by atoms with van der Waals surface area (Å²) in [5.74, 6) is 0.718. The summed E-state index contributed by atoms with van der Waals surface area (Å²) in [6.45, 7) is 1.17. The van der Waals surface area contributed by atoms with E-state index in [4.69, 9.17) is 5.11 Å². The van der Waals surface area contributed by atoms with Crippen LogP contribution in [0.4, 0.5) is 5.82 Å². The number of nitrogens with one attached hydrogen (secondary N) is 1. The molecule has 0 radical (unpaired) electrons. The first-order chi connectivity index (χ1) is 14.2. The van der Waals surface area contributed by atoms with Crippen LogP contribution in [0.25, 0.3) is 0 Å². The van der Waals surface area contributed by atoms with E-state index in [0.29, 0.717) is 43.2 Å². The third-order valence-corrected chi connectivity index (χ3v) is 6.00. The highest BCUT2D eigenvalue weighted by Crippen LogP contribution is 2.33. The zero-order chi connectivity index (χ0) is 20.2. The largest absolute Gasteiger partial charge is 0.396 e. The minimum Gasteiger partial charge on any atom is -0.396 e. The predicted octanol–water partition coefficient (Wildman–Crippen LogP) is 2.81. The van der Waals surface area contributed by atoms with Crippen molar-refractivity contribution in [3.63, 3.8) is 0 Å². The molecule has 1 fully saturated rings. The molecule has 1 saturated carbocycles. The number of rotatable bonds is 8. The standard InChI is InChI=1S/C22H28N4O3/c27-13-5-11-25-12-10-20(24-25)23-21(28)19(14-16-6-1-2-7-16)26-15-17-8-3-4-9-18(17)22(26)29/h3-4,8-10,12,16,19,27H,1-2,5-7,11,13-15H2,(H,23,24,28)/t19-/m0/s1. The van der Waals surface area contributed by atoms with E-state index in [1.807, 2.05) is 24.3 Å². The number of aliphatic hydroxyl groups is 1. The maximum absolute atomic E-state index is 13.2. The van der Waals surface area contributed by atoms with Crippen molar-refractivity contribution < 1.29 is 14.7 Å². The average Bonchev–Trinajstić information content (AvgIpc) is 3.46. The highest BCUT2D eigenvalue weighted by atomic mass is 16.3. The molecule has 154 valence electrons. The summed E-state index contributed by atoms with van der Waals surface area (Å²) in [7, 11) is 0. The Morgan fingerprint density at radius 3 is 2.79 bits per heavy atom. The molecule has 2 aromatic rings. The van der Waals surface area contributed by atoms with Crippen LogP contribution in [0.3, 0.4) is 0 Å². The van der Waals surface area contributed by atoms with E-state index in [9.17, 15) is 9.59 Å². The van der Waals surface area contributed by atoms with Crippen molar-refractivity contribution in [2.24, 2.45) is 5.92 Å². The minimum atomic E-state index is -0.499. The molecule has 7 nitrogen and oxygen atoms in total. The van der Waals surface area contributed by atoms with Gasteiger partial charge in [0.15, 0.2) is 5.82 Å². The zero-order valence-electron chi connectivity index (χ0n) is 16.6. The van der Waals surface area contributed by atoms with Gasteiger partial charge in [0.25, 0.3) is 5.91 Å². The number of anilines is 1. The van der Waals surface area contributed by atoms with E-state index >= 15 is 0 Å². The van der Waals surface area contributed by atoms with Crippen LogP contribution < -0.4 is 5.32 Å². The molecule has 2 N–H and O–H groups in total. The Balaban J connectivity index is 1.50. The van der Waals surface area contributed by atoms with Gasteiger partial charge in [-0.25, -0.2) is 0 Å². The first-order valence-electron chi connectivity index (χ1n) is 10.5. The summed E-state index contributed by atoms with van der Waals surface area (Å²) in [5.41, 5.74) is 1.68. The van der Waals surface area contributed by atoms with E-state index in [0.717, 1.165) is 18.4 Å². The lowest BCUT2D eigenvalue weighted by Gasteiger charge is -2.28. The Kier molecular flexibility index (Phi) is 5.94. The molecule has 0 bridgehead atoms. The highest BCUT2D eigenvalue weighted by molar-refractivity contribution is 6.03. The number of fused-ring (bicyclic) bond motifs is 1. The number of carbonyl (C=O) groups excluding carboxylic acids is 2. The van der Waals surface area contributed by atoms with E-state index < -0.39 is 6.04 Å². The Morgan fingerprint density at radius 1 is 1.24 bits per heavy atom. The average molecular weight is 396 g/mol. The molecule has 0 spiro atoms. The fraction of sp³-hybridized carbons (Fsp3) is 0.500. The second kappa shape index (κ2) is 8.78. The first kappa shape index (κ1) is 19.6. The van der Waals surface area contributed by atoms with E-state index in [-0.39, 0.29) is 18.4 Å². The van der Waals surface area contributed by atoms with Crippen molar-refractivity contribution >= 4 is 17.6 Å². The Labute approximate surface area is 170 Å². The maximum atomic E-state index is 13.2. The number of aliphatic hydroxyl groups excluding tert-OH is 1. The summed E-state index contributed by atoms with van der Waals surface area (Å²) in [6, 6.07) is 8.85. The molecule has 1 aliphatic carbocycles. The molecular formula is C22H28N4O3. The van der Waals surface area contributed by atoms with Gasteiger partial charge in [-0.05, 0) is 30.4 Å². The van der Waals surface area contributed by atoms with Crippen molar-refractivity contribution in [2.45, 2.75) is 57.7 Å². The summed E-state index contributed by atoms with van der Waals surface area (Å²) in [4.78, 5) is 27.9. The highest BCUT2D eigenvalue weighted by Gasteiger charge is 2.38. The molecule has 1 aromatic heterocycles. The van der Waals surface area contributed by atoms with E-state index in [2.05, 4.69) is 10.4 Å². The second-order valence-electron chi connectivity index (χ2n) is 8.02. The number of amides is 2. The molecule has 2 heterocycles. The van der Waals surface area contributed by atoms with Gasteiger partial charge in [-0.15, -0.1) is 0 Å². The lowest BCUT2D eigenvalue weighted by molar-refractivity contribution is -0.121. The molecule has 1 aromatic carbocycles. The lowest BCUT2D eigenvalue weighted by Crippen LogP contribution is -2.45. The number of hydrogen-bond acceptors (Lipinski definition) is 4. The van der Waals surface area contributed by atoms with Crippen molar-refractivity contribution in [1.29, 1.82) is 0 Å². The predicted molar refractivity (Wildman–Crippen MR) is 109 cm³/mol. The van der Waals surface area contributed by atoms with Crippen LogP contribution in [-0.2, 0) is 17.9 Å². The van der Waals surface area contributed by atoms with Crippen LogP contribution in [0.15, 0.2) is 36.5 Å². The van der Waals surface area contributed by atoms with Crippen molar-refractivity contribution in [1.82, 2.24) is 14.7 Å². The Hall–Kier alpha value is -2.67. The number of carbonyl (C=O) groups is 2. The van der Waals surface area contributed by atoms with Gasteiger partial charge in [-0.3, -0.25) is 14.3 Å². The molecule has 2 aliphatic rings. The molecule has 1 aliphatic heterocycles. The van der Waals surface area contributed by atoms with Gasteiger partial charge in [0, 0.05) is 37.5 Å². The molecular weight excluding hydrogens is 368 g/mol. The normalized spacial score (nSPS) is 17.6. The van der Waals surface area contributed by atoms with Crippen LogP contribution in [-0.4, -0.2) is 44.3 Å². The van der Waals surface area contributed by atoms with E-state index in [1.165, 1.54) is 12.8 Å². The second-order valence-corrected chi connectivity index (χ2v) is 8.02.